The Morgan fingerprint density at radius 1 is 1.21 bits per heavy atom. The molecule has 0 aliphatic carbocycles. The lowest BCUT2D eigenvalue weighted by Gasteiger charge is -2.29. The number of carbonyl (C=O) groups excluding carboxylic acids is 1. The van der Waals surface area contributed by atoms with Gasteiger partial charge >= 0.3 is 0 Å². The number of hydrogen-bond donors (Lipinski definition) is 1. The molecule has 1 saturated heterocycles. The second kappa shape index (κ2) is 8.37. The summed E-state index contributed by atoms with van der Waals surface area (Å²) in [4.78, 5) is 15.1. The molecule has 146 valence electrons. The number of ether oxygens (including phenoxy) is 1. The van der Waals surface area contributed by atoms with Crippen molar-refractivity contribution in [2.45, 2.75) is 18.9 Å². The van der Waals surface area contributed by atoms with E-state index < -0.39 is 0 Å². The molecule has 4 rings (SSSR count). The molecule has 1 fully saturated rings. The highest BCUT2D eigenvalue weighted by atomic mass is 79.9. The molecule has 1 amide bonds. The van der Waals surface area contributed by atoms with Crippen molar-refractivity contribution in [2.24, 2.45) is 0 Å². The summed E-state index contributed by atoms with van der Waals surface area (Å²) in [6, 6.07) is 15.6. The summed E-state index contributed by atoms with van der Waals surface area (Å²) in [5.41, 5.74) is 1.80. The monoisotopic (exact) mass is 442 g/mol. The number of carbonyl (C=O) groups is 1. The lowest BCUT2D eigenvalue weighted by atomic mass is 10.0. The summed E-state index contributed by atoms with van der Waals surface area (Å²) in [5, 5.41) is 3.96. The molecule has 1 unspecified atom stereocenters. The molecule has 5 nitrogen and oxygen atoms in total. The van der Waals surface area contributed by atoms with Crippen LogP contribution in [-0.4, -0.2) is 37.6 Å². The number of para-hydroxylation sites is 1. The molecule has 1 aliphatic rings. The van der Waals surface area contributed by atoms with E-state index in [0.29, 0.717) is 17.9 Å². The Kier molecular flexibility index (Phi) is 5.69. The third-order valence-corrected chi connectivity index (χ3v) is 5.73. The van der Waals surface area contributed by atoms with Crippen LogP contribution in [0.2, 0.25) is 0 Å². The van der Waals surface area contributed by atoms with Crippen molar-refractivity contribution in [2.75, 3.05) is 26.7 Å². The molecule has 0 bridgehead atoms. The van der Waals surface area contributed by atoms with E-state index in [1.165, 1.54) is 12.8 Å². The Morgan fingerprint density at radius 2 is 2.00 bits per heavy atom. The molecule has 1 aliphatic heterocycles. The Labute approximate surface area is 172 Å². The third-order valence-electron chi connectivity index (χ3n) is 5.24. The van der Waals surface area contributed by atoms with Crippen LogP contribution in [0.25, 0.3) is 11.0 Å². The van der Waals surface area contributed by atoms with Gasteiger partial charge in [-0.2, -0.15) is 0 Å². The molecular weight excluding hydrogens is 420 g/mol. The van der Waals surface area contributed by atoms with Crippen molar-refractivity contribution in [3.8, 4) is 5.75 Å². The quantitative estimate of drug-likeness (QED) is 0.597. The van der Waals surface area contributed by atoms with Crippen LogP contribution in [0, 0.1) is 0 Å². The van der Waals surface area contributed by atoms with Gasteiger partial charge < -0.3 is 14.5 Å². The summed E-state index contributed by atoms with van der Waals surface area (Å²) in [5.74, 6) is 0.974. The van der Waals surface area contributed by atoms with Crippen molar-refractivity contribution in [3.05, 3.63) is 64.3 Å². The lowest BCUT2D eigenvalue weighted by molar-refractivity contribution is 0.0912. The number of likely N-dealkylation sites (tertiary alicyclic amines) is 1. The normalized spacial score (nSPS) is 15.6. The van der Waals surface area contributed by atoms with Crippen LogP contribution in [0.15, 0.2) is 57.4 Å². The lowest BCUT2D eigenvalue weighted by Crippen LogP contribution is -2.36. The van der Waals surface area contributed by atoms with E-state index in [4.69, 9.17) is 9.15 Å². The van der Waals surface area contributed by atoms with Crippen LogP contribution >= 0.6 is 15.9 Å². The smallest absolute Gasteiger partial charge is 0.287 e. The van der Waals surface area contributed by atoms with E-state index in [0.717, 1.165) is 34.3 Å². The highest BCUT2D eigenvalue weighted by Crippen LogP contribution is 2.31. The molecule has 3 aromatic rings. The van der Waals surface area contributed by atoms with Crippen LogP contribution in [-0.2, 0) is 0 Å². The van der Waals surface area contributed by atoms with Gasteiger partial charge in [0.2, 0.25) is 0 Å². The van der Waals surface area contributed by atoms with Gasteiger partial charge in [-0.25, -0.2) is 0 Å². The van der Waals surface area contributed by atoms with Crippen LogP contribution in [0.5, 0.6) is 5.75 Å². The van der Waals surface area contributed by atoms with Gasteiger partial charge in [-0.3, -0.25) is 9.69 Å². The summed E-state index contributed by atoms with van der Waals surface area (Å²) in [6.45, 7) is 2.55. The van der Waals surface area contributed by atoms with E-state index in [9.17, 15) is 4.79 Å². The first-order chi connectivity index (χ1) is 13.7. The third kappa shape index (κ3) is 3.93. The predicted molar refractivity (Wildman–Crippen MR) is 113 cm³/mol. The van der Waals surface area contributed by atoms with Crippen molar-refractivity contribution in [1.82, 2.24) is 10.2 Å². The second-order valence-electron chi connectivity index (χ2n) is 7.00. The van der Waals surface area contributed by atoms with Crippen molar-refractivity contribution in [1.29, 1.82) is 0 Å². The molecule has 0 radical (unpaired) electrons. The minimum absolute atomic E-state index is 0.0705. The van der Waals surface area contributed by atoms with Gasteiger partial charge in [0.15, 0.2) is 5.76 Å². The SMILES string of the molecule is COc1ccccc1C(CNC(=O)c1cc2cc(Br)ccc2o1)N1CCCC1. The van der Waals surface area contributed by atoms with Gasteiger partial charge in [-0.15, -0.1) is 0 Å². The minimum atomic E-state index is -0.202. The van der Waals surface area contributed by atoms with Gasteiger partial charge in [-0.05, 0) is 56.3 Å². The fourth-order valence-electron chi connectivity index (χ4n) is 3.83. The van der Waals surface area contributed by atoms with Crippen molar-refractivity contribution < 1.29 is 13.9 Å². The van der Waals surface area contributed by atoms with E-state index in [1.807, 2.05) is 36.4 Å². The Hall–Kier alpha value is -2.31. The van der Waals surface area contributed by atoms with Crippen LogP contribution in [0.4, 0.5) is 0 Å². The first-order valence-electron chi connectivity index (χ1n) is 9.50. The van der Waals surface area contributed by atoms with Crippen molar-refractivity contribution >= 4 is 32.8 Å². The first-order valence-corrected chi connectivity index (χ1v) is 10.3. The largest absolute Gasteiger partial charge is 0.496 e. The Morgan fingerprint density at radius 3 is 2.79 bits per heavy atom. The molecule has 0 spiro atoms. The van der Waals surface area contributed by atoms with Gasteiger partial charge in [0, 0.05) is 22.0 Å². The molecule has 6 heteroatoms. The molecule has 0 saturated carbocycles. The number of nitrogens with zero attached hydrogens (tertiary/aromatic N) is 1. The number of fused-ring (bicyclic) bond motifs is 1. The van der Waals surface area contributed by atoms with E-state index in [1.54, 1.807) is 13.2 Å². The zero-order valence-electron chi connectivity index (χ0n) is 15.8. The average molecular weight is 443 g/mol. The van der Waals surface area contributed by atoms with Gasteiger partial charge in [0.25, 0.3) is 5.91 Å². The number of methoxy groups -OCH3 is 1. The fraction of sp³-hybridized carbons (Fsp3) is 0.318. The highest BCUT2D eigenvalue weighted by molar-refractivity contribution is 9.10. The zero-order valence-corrected chi connectivity index (χ0v) is 17.4. The summed E-state index contributed by atoms with van der Waals surface area (Å²) in [6.07, 6.45) is 2.36. The number of furan rings is 1. The fourth-order valence-corrected chi connectivity index (χ4v) is 4.21. The summed E-state index contributed by atoms with van der Waals surface area (Å²) < 4.78 is 12.2. The molecule has 28 heavy (non-hydrogen) atoms. The number of nitrogens with one attached hydrogen (secondary N) is 1. The number of hydrogen-bond acceptors (Lipinski definition) is 4. The maximum absolute atomic E-state index is 12.7. The van der Waals surface area contributed by atoms with Gasteiger partial charge in [-0.1, -0.05) is 34.1 Å². The van der Waals surface area contributed by atoms with E-state index in [-0.39, 0.29) is 11.9 Å². The zero-order chi connectivity index (χ0) is 19.5. The van der Waals surface area contributed by atoms with E-state index >= 15 is 0 Å². The summed E-state index contributed by atoms with van der Waals surface area (Å²) >= 11 is 3.45. The molecule has 2 aromatic carbocycles. The summed E-state index contributed by atoms with van der Waals surface area (Å²) in [7, 11) is 1.69. The number of amides is 1. The molecule has 1 N–H and O–H groups in total. The molecule has 1 aromatic heterocycles. The highest BCUT2D eigenvalue weighted by Gasteiger charge is 2.26. The molecular formula is C22H23BrN2O3. The Bertz CT molecular complexity index is 979. The predicted octanol–water partition coefficient (Wildman–Crippen LogP) is 4.77. The number of rotatable bonds is 6. The van der Waals surface area contributed by atoms with Gasteiger partial charge in [0.1, 0.15) is 11.3 Å². The first kappa shape index (κ1) is 19.0. The second-order valence-corrected chi connectivity index (χ2v) is 7.92. The van der Waals surface area contributed by atoms with Crippen LogP contribution < -0.4 is 10.1 Å². The van der Waals surface area contributed by atoms with Crippen LogP contribution in [0.3, 0.4) is 0 Å². The maximum Gasteiger partial charge on any atom is 0.287 e. The average Bonchev–Trinajstić information content (AvgIpc) is 3.38. The van der Waals surface area contributed by atoms with E-state index in [2.05, 4.69) is 32.2 Å². The standard InChI is InChI=1S/C22H23BrN2O3/c1-27-20-7-3-2-6-17(20)18(25-10-4-5-11-25)14-24-22(26)21-13-15-12-16(23)8-9-19(15)28-21/h2-3,6-9,12-13,18H,4-5,10-11,14H2,1H3,(H,24,26). The maximum atomic E-state index is 12.7. The van der Waals surface area contributed by atoms with Gasteiger partial charge in [0.05, 0.1) is 13.2 Å². The number of benzene rings is 2. The topological polar surface area (TPSA) is 54.7 Å². The number of halogens is 1. The molecule has 2 heterocycles. The minimum Gasteiger partial charge on any atom is -0.496 e. The Balaban J connectivity index is 1.54. The van der Waals surface area contributed by atoms with Crippen LogP contribution in [0.1, 0.15) is 35.0 Å². The molecule has 1 atom stereocenters. The van der Waals surface area contributed by atoms with Crippen molar-refractivity contribution in [3.63, 3.8) is 0 Å².